The molecule has 0 radical (unpaired) electrons. The molecule has 2 aromatic rings. The molecule has 0 aromatic heterocycles. The van der Waals surface area contributed by atoms with Crippen LogP contribution >= 0.6 is 0 Å². The quantitative estimate of drug-likeness (QED) is 0.826. The molecule has 0 atom stereocenters. The maximum atomic E-state index is 13.7. The van der Waals surface area contributed by atoms with Crippen LogP contribution in [0.15, 0.2) is 30.3 Å². The number of halogens is 1. The SMILES string of the molecule is CC(C)(C)c1c(C(=O)O)ccc2c(F)cccc12. The molecule has 2 rings (SSSR count). The molecule has 94 valence electrons. The van der Waals surface area contributed by atoms with Gasteiger partial charge < -0.3 is 5.11 Å². The zero-order chi connectivity index (χ0) is 13.5. The molecule has 0 spiro atoms. The van der Waals surface area contributed by atoms with Gasteiger partial charge in [-0.25, -0.2) is 9.18 Å². The molecule has 0 saturated carbocycles. The van der Waals surface area contributed by atoms with E-state index in [0.717, 1.165) is 0 Å². The van der Waals surface area contributed by atoms with Gasteiger partial charge in [0.2, 0.25) is 0 Å². The van der Waals surface area contributed by atoms with Gasteiger partial charge in [-0.1, -0.05) is 39.0 Å². The Morgan fingerprint density at radius 1 is 1.11 bits per heavy atom. The molecule has 0 unspecified atom stereocenters. The van der Waals surface area contributed by atoms with E-state index >= 15 is 0 Å². The van der Waals surface area contributed by atoms with Crippen LogP contribution in [-0.2, 0) is 5.41 Å². The first-order valence-electron chi connectivity index (χ1n) is 5.77. The predicted molar refractivity (Wildman–Crippen MR) is 69.6 cm³/mol. The van der Waals surface area contributed by atoms with Crippen molar-refractivity contribution in [3.63, 3.8) is 0 Å². The Balaban J connectivity index is 2.95. The van der Waals surface area contributed by atoms with Crippen LogP contribution in [0, 0.1) is 5.82 Å². The number of aromatic carboxylic acids is 1. The van der Waals surface area contributed by atoms with E-state index in [2.05, 4.69) is 0 Å². The van der Waals surface area contributed by atoms with Gasteiger partial charge in [0, 0.05) is 5.39 Å². The highest BCUT2D eigenvalue weighted by Gasteiger charge is 2.24. The molecule has 3 heteroatoms. The Kier molecular flexibility index (Phi) is 2.85. The standard InChI is InChI=1S/C15H15FO2/c1-15(2,3)13-10-5-4-6-12(16)9(10)7-8-11(13)14(17)18/h4-8H,1-3H3,(H,17,18). The summed E-state index contributed by atoms with van der Waals surface area (Å²) in [4.78, 5) is 11.3. The van der Waals surface area contributed by atoms with E-state index in [9.17, 15) is 14.3 Å². The van der Waals surface area contributed by atoms with E-state index < -0.39 is 5.97 Å². The molecule has 0 aliphatic carbocycles. The summed E-state index contributed by atoms with van der Waals surface area (Å²) in [6.07, 6.45) is 0. The first kappa shape index (κ1) is 12.6. The molecule has 18 heavy (non-hydrogen) atoms. The molecule has 0 aliphatic rings. The number of carboxylic acids is 1. The molecule has 0 aliphatic heterocycles. The van der Waals surface area contributed by atoms with Gasteiger partial charge in [0.1, 0.15) is 5.82 Å². The second kappa shape index (κ2) is 4.09. The molecule has 0 heterocycles. The monoisotopic (exact) mass is 246 g/mol. The molecule has 0 fully saturated rings. The molecule has 0 bridgehead atoms. The van der Waals surface area contributed by atoms with Crippen LogP contribution in [0.3, 0.4) is 0 Å². The van der Waals surface area contributed by atoms with Gasteiger partial charge in [-0.3, -0.25) is 0 Å². The third kappa shape index (κ3) is 1.96. The van der Waals surface area contributed by atoms with Gasteiger partial charge in [-0.2, -0.15) is 0 Å². The van der Waals surface area contributed by atoms with Crippen molar-refractivity contribution in [1.82, 2.24) is 0 Å². The second-order valence-electron chi connectivity index (χ2n) is 5.38. The number of benzene rings is 2. The largest absolute Gasteiger partial charge is 0.478 e. The molecule has 0 saturated heterocycles. The maximum Gasteiger partial charge on any atom is 0.336 e. The summed E-state index contributed by atoms with van der Waals surface area (Å²) in [5.41, 5.74) is 0.550. The molecule has 2 aromatic carbocycles. The van der Waals surface area contributed by atoms with Crippen molar-refractivity contribution >= 4 is 16.7 Å². The molecular formula is C15H15FO2. The topological polar surface area (TPSA) is 37.3 Å². The number of rotatable bonds is 1. The maximum absolute atomic E-state index is 13.7. The van der Waals surface area contributed by atoms with Crippen molar-refractivity contribution in [2.24, 2.45) is 0 Å². The summed E-state index contributed by atoms with van der Waals surface area (Å²) in [5.74, 6) is -1.30. The minimum Gasteiger partial charge on any atom is -0.478 e. The van der Waals surface area contributed by atoms with Crippen LogP contribution in [0.4, 0.5) is 4.39 Å². The van der Waals surface area contributed by atoms with Gasteiger partial charge in [-0.05, 0) is 28.5 Å². The lowest BCUT2D eigenvalue weighted by atomic mass is 9.80. The number of hydrogen-bond acceptors (Lipinski definition) is 1. The molecule has 1 N–H and O–H groups in total. The Morgan fingerprint density at radius 2 is 1.78 bits per heavy atom. The smallest absolute Gasteiger partial charge is 0.336 e. The summed E-state index contributed by atoms with van der Waals surface area (Å²) in [6.45, 7) is 5.79. The van der Waals surface area contributed by atoms with Crippen molar-refractivity contribution in [3.8, 4) is 0 Å². The van der Waals surface area contributed by atoms with E-state index in [-0.39, 0.29) is 16.8 Å². The highest BCUT2D eigenvalue weighted by Crippen LogP contribution is 2.34. The van der Waals surface area contributed by atoms with Crippen LogP contribution in [-0.4, -0.2) is 11.1 Å². The summed E-state index contributed by atoms with van der Waals surface area (Å²) in [7, 11) is 0. The first-order chi connectivity index (χ1) is 8.32. The summed E-state index contributed by atoms with van der Waals surface area (Å²) >= 11 is 0. The van der Waals surface area contributed by atoms with Crippen LogP contribution in [0.1, 0.15) is 36.7 Å². The number of fused-ring (bicyclic) bond motifs is 1. The number of carbonyl (C=O) groups is 1. The fourth-order valence-electron chi connectivity index (χ4n) is 2.31. The van der Waals surface area contributed by atoms with E-state index in [1.165, 1.54) is 18.2 Å². The zero-order valence-corrected chi connectivity index (χ0v) is 10.6. The summed E-state index contributed by atoms with van der Waals surface area (Å²) < 4.78 is 13.7. The van der Waals surface area contributed by atoms with Crippen molar-refractivity contribution < 1.29 is 14.3 Å². The van der Waals surface area contributed by atoms with Crippen LogP contribution in [0.5, 0.6) is 0 Å². The molecular weight excluding hydrogens is 231 g/mol. The fraction of sp³-hybridized carbons (Fsp3) is 0.267. The Bertz CT molecular complexity index is 624. The first-order valence-corrected chi connectivity index (χ1v) is 5.77. The average molecular weight is 246 g/mol. The predicted octanol–water partition coefficient (Wildman–Crippen LogP) is 3.97. The lowest BCUT2D eigenvalue weighted by Crippen LogP contribution is -2.17. The lowest BCUT2D eigenvalue weighted by Gasteiger charge is -2.23. The third-order valence-electron chi connectivity index (χ3n) is 2.99. The average Bonchev–Trinajstić information content (AvgIpc) is 2.26. The number of carboxylic acid groups (broad SMARTS) is 1. The van der Waals surface area contributed by atoms with Gasteiger partial charge >= 0.3 is 5.97 Å². The van der Waals surface area contributed by atoms with E-state index in [0.29, 0.717) is 16.3 Å². The highest BCUT2D eigenvalue weighted by molar-refractivity contribution is 5.98. The van der Waals surface area contributed by atoms with Gasteiger partial charge in [-0.15, -0.1) is 0 Å². The Labute approximate surface area is 105 Å². The number of hydrogen-bond donors (Lipinski definition) is 1. The zero-order valence-electron chi connectivity index (χ0n) is 10.6. The van der Waals surface area contributed by atoms with E-state index in [1.807, 2.05) is 20.8 Å². The fourth-order valence-corrected chi connectivity index (χ4v) is 2.31. The molecule has 2 nitrogen and oxygen atoms in total. The van der Waals surface area contributed by atoms with E-state index in [4.69, 9.17) is 0 Å². The minimum absolute atomic E-state index is 0.237. The lowest BCUT2D eigenvalue weighted by molar-refractivity contribution is 0.0694. The van der Waals surface area contributed by atoms with Gasteiger partial charge in [0.15, 0.2) is 0 Å². The summed E-state index contributed by atoms with van der Waals surface area (Å²) in [5, 5.41) is 10.4. The highest BCUT2D eigenvalue weighted by atomic mass is 19.1. The van der Waals surface area contributed by atoms with E-state index in [1.54, 1.807) is 12.1 Å². The van der Waals surface area contributed by atoms with Crippen molar-refractivity contribution in [1.29, 1.82) is 0 Å². The van der Waals surface area contributed by atoms with Gasteiger partial charge in [0.25, 0.3) is 0 Å². The minimum atomic E-state index is -0.980. The summed E-state index contributed by atoms with van der Waals surface area (Å²) in [6, 6.07) is 7.77. The van der Waals surface area contributed by atoms with Crippen molar-refractivity contribution in [2.75, 3.05) is 0 Å². The van der Waals surface area contributed by atoms with Crippen molar-refractivity contribution in [2.45, 2.75) is 26.2 Å². The Hall–Kier alpha value is -1.90. The van der Waals surface area contributed by atoms with Crippen molar-refractivity contribution in [3.05, 3.63) is 47.3 Å². The van der Waals surface area contributed by atoms with Crippen LogP contribution < -0.4 is 0 Å². The van der Waals surface area contributed by atoms with Crippen LogP contribution in [0.2, 0.25) is 0 Å². The molecule has 0 amide bonds. The van der Waals surface area contributed by atoms with Gasteiger partial charge in [0.05, 0.1) is 5.56 Å². The Morgan fingerprint density at radius 3 is 2.33 bits per heavy atom. The second-order valence-corrected chi connectivity index (χ2v) is 5.38. The third-order valence-corrected chi connectivity index (χ3v) is 2.99. The van der Waals surface area contributed by atoms with Crippen LogP contribution in [0.25, 0.3) is 10.8 Å². The normalized spacial score (nSPS) is 11.8.